The second-order valence-corrected chi connectivity index (χ2v) is 7.90. The quantitative estimate of drug-likeness (QED) is 0.629. The van der Waals surface area contributed by atoms with Crippen LogP contribution < -0.4 is 10.1 Å². The fraction of sp³-hybridized carbons (Fsp3) is 0.611. The molecule has 2 N–H and O–H groups in total. The minimum atomic E-state index is -0.724. The summed E-state index contributed by atoms with van der Waals surface area (Å²) in [6.45, 7) is 12.5. The fourth-order valence-electron chi connectivity index (χ4n) is 1.95. The van der Waals surface area contributed by atoms with Crippen LogP contribution in [0.2, 0.25) is 0 Å². The van der Waals surface area contributed by atoms with E-state index in [1.165, 1.54) is 0 Å². The third-order valence-corrected chi connectivity index (χ3v) is 3.00. The van der Waals surface area contributed by atoms with Crippen molar-refractivity contribution in [1.82, 2.24) is 5.32 Å². The van der Waals surface area contributed by atoms with Gasteiger partial charge in [0.2, 0.25) is 0 Å². The first kappa shape index (κ1) is 21.9. The molecule has 0 spiro atoms. The maximum Gasteiger partial charge on any atom is 0.311 e. The molecule has 0 fully saturated rings. The van der Waals surface area contributed by atoms with Crippen molar-refractivity contribution in [3.05, 3.63) is 29.8 Å². The summed E-state index contributed by atoms with van der Waals surface area (Å²) in [6, 6.07) is 7.13. The predicted octanol–water partition coefficient (Wildman–Crippen LogP) is 3.87. The van der Waals surface area contributed by atoms with Crippen LogP contribution >= 0.6 is 12.4 Å². The Morgan fingerprint density at radius 1 is 1.17 bits per heavy atom. The molecule has 23 heavy (non-hydrogen) atoms. The number of ether oxygens (including phenoxy) is 1. The number of benzene rings is 1. The van der Waals surface area contributed by atoms with Gasteiger partial charge in [-0.2, -0.15) is 0 Å². The fourth-order valence-corrected chi connectivity index (χ4v) is 1.95. The summed E-state index contributed by atoms with van der Waals surface area (Å²) in [5, 5.41) is 13.6. The molecule has 0 aliphatic carbocycles. The summed E-state index contributed by atoms with van der Waals surface area (Å²) in [4.78, 5) is 12.0. The van der Waals surface area contributed by atoms with E-state index in [9.17, 15) is 9.90 Å². The summed E-state index contributed by atoms with van der Waals surface area (Å²) >= 11 is 0. The Bertz CT molecular complexity index is 504. The Hall–Kier alpha value is -1.10. The number of carbonyl (C=O) groups excluding carboxylic acids is 1. The van der Waals surface area contributed by atoms with Crippen molar-refractivity contribution < 1.29 is 14.6 Å². The van der Waals surface area contributed by atoms with Crippen molar-refractivity contribution in [2.75, 3.05) is 6.54 Å². The zero-order valence-corrected chi connectivity index (χ0v) is 15.8. The average molecular weight is 344 g/mol. The third-order valence-electron chi connectivity index (χ3n) is 3.00. The molecule has 1 atom stereocenters. The average Bonchev–Trinajstić information content (AvgIpc) is 2.33. The molecule has 0 radical (unpaired) electrons. The smallest absolute Gasteiger partial charge is 0.311 e. The first-order valence-corrected chi connectivity index (χ1v) is 7.71. The number of hydrogen-bond donors (Lipinski definition) is 2. The Morgan fingerprint density at radius 3 is 2.26 bits per heavy atom. The van der Waals surface area contributed by atoms with E-state index in [4.69, 9.17) is 4.74 Å². The molecule has 1 unspecified atom stereocenters. The number of esters is 1. The maximum absolute atomic E-state index is 12.0. The van der Waals surface area contributed by atoms with Crippen molar-refractivity contribution in [3.63, 3.8) is 0 Å². The van der Waals surface area contributed by atoms with Crippen LogP contribution in [-0.2, 0) is 4.79 Å². The van der Waals surface area contributed by atoms with E-state index in [0.717, 1.165) is 0 Å². The van der Waals surface area contributed by atoms with Gasteiger partial charge < -0.3 is 15.2 Å². The molecule has 0 amide bonds. The molecule has 1 aromatic rings. The number of halogens is 1. The monoisotopic (exact) mass is 343 g/mol. The van der Waals surface area contributed by atoms with Crippen LogP contribution in [0.25, 0.3) is 0 Å². The van der Waals surface area contributed by atoms with E-state index in [-0.39, 0.29) is 29.3 Å². The topological polar surface area (TPSA) is 58.6 Å². The normalized spacial score (nSPS) is 13.2. The zero-order valence-electron chi connectivity index (χ0n) is 15.0. The van der Waals surface area contributed by atoms with Gasteiger partial charge >= 0.3 is 5.97 Å². The molecule has 0 aliphatic rings. The van der Waals surface area contributed by atoms with Gasteiger partial charge in [0.1, 0.15) is 5.75 Å². The van der Waals surface area contributed by atoms with Crippen molar-refractivity contribution in [3.8, 4) is 5.75 Å². The van der Waals surface area contributed by atoms with E-state index < -0.39 is 6.10 Å². The molecule has 5 heteroatoms. The molecule has 1 aromatic carbocycles. The Labute approximate surface area is 146 Å². The van der Waals surface area contributed by atoms with Crippen LogP contribution in [0.15, 0.2) is 24.3 Å². The van der Waals surface area contributed by atoms with Gasteiger partial charge in [0.15, 0.2) is 0 Å². The van der Waals surface area contributed by atoms with Gasteiger partial charge in [-0.3, -0.25) is 4.79 Å². The standard InChI is InChI=1S/C18H29NO3.ClH/c1-17(2,3)11-16(21)22-15-10-8-7-9-13(15)14(20)12-19-18(4,5)6;/h7-10,14,19-20H,11-12H2,1-6H3;1H. The Kier molecular flexibility index (Phi) is 8.25. The van der Waals surface area contributed by atoms with Crippen LogP contribution in [0.5, 0.6) is 5.75 Å². The van der Waals surface area contributed by atoms with Gasteiger partial charge in [0.05, 0.1) is 12.5 Å². The Balaban J connectivity index is 0.00000484. The number of nitrogens with one attached hydrogen (secondary N) is 1. The van der Waals surface area contributed by atoms with E-state index in [0.29, 0.717) is 24.3 Å². The molecular weight excluding hydrogens is 314 g/mol. The molecule has 0 saturated carbocycles. The van der Waals surface area contributed by atoms with Gasteiger partial charge in [-0.05, 0) is 32.3 Å². The second-order valence-electron chi connectivity index (χ2n) is 7.90. The lowest BCUT2D eigenvalue weighted by Gasteiger charge is -2.24. The number of carbonyl (C=O) groups is 1. The molecule has 0 saturated heterocycles. The second kappa shape index (κ2) is 8.67. The number of hydrogen-bond acceptors (Lipinski definition) is 4. The van der Waals surface area contributed by atoms with Gasteiger partial charge in [-0.1, -0.05) is 39.0 Å². The van der Waals surface area contributed by atoms with Gasteiger partial charge in [0, 0.05) is 17.6 Å². The molecule has 0 aromatic heterocycles. The molecule has 4 nitrogen and oxygen atoms in total. The number of aliphatic hydroxyl groups excluding tert-OH is 1. The highest BCUT2D eigenvalue weighted by Crippen LogP contribution is 2.27. The van der Waals surface area contributed by atoms with E-state index >= 15 is 0 Å². The highest BCUT2D eigenvalue weighted by molar-refractivity contribution is 5.85. The summed E-state index contributed by atoms with van der Waals surface area (Å²) in [5.74, 6) is 0.149. The molecule has 0 aliphatic heterocycles. The third kappa shape index (κ3) is 8.94. The van der Waals surface area contributed by atoms with Crippen LogP contribution in [0, 0.1) is 5.41 Å². The lowest BCUT2D eigenvalue weighted by molar-refractivity contribution is -0.136. The van der Waals surface area contributed by atoms with Crippen LogP contribution in [0.3, 0.4) is 0 Å². The first-order valence-electron chi connectivity index (χ1n) is 7.71. The van der Waals surface area contributed by atoms with Crippen LogP contribution in [0.1, 0.15) is 59.6 Å². The highest BCUT2D eigenvalue weighted by atomic mass is 35.5. The lowest BCUT2D eigenvalue weighted by atomic mass is 9.92. The van der Waals surface area contributed by atoms with Crippen LogP contribution in [0.4, 0.5) is 0 Å². The van der Waals surface area contributed by atoms with E-state index in [2.05, 4.69) is 5.32 Å². The largest absolute Gasteiger partial charge is 0.426 e. The minimum Gasteiger partial charge on any atom is -0.426 e. The molecule has 0 bridgehead atoms. The summed E-state index contributed by atoms with van der Waals surface area (Å²) in [5.41, 5.74) is 0.415. The molecule has 0 heterocycles. The number of rotatable bonds is 5. The molecule has 132 valence electrons. The van der Waals surface area contributed by atoms with Crippen molar-refractivity contribution in [2.45, 2.75) is 59.6 Å². The van der Waals surface area contributed by atoms with Crippen molar-refractivity contribution in [1.29, 1.82) is 0 Å². The van der Waals surface area contributed by atoms with Gasteiger partial charge in [0.25, 0.3) is 0 Å². The first-order chi connectivity index (χ1) is 9.98. The predicted molar refractivity (Wildman–Crippen MR) is 96.1 cm³/mol. The van der Waals surface area contributed by atoms with Crippen LogP contribution in [-0.4, -0.2) is 23.2 Å². The van der Waals surface area contributed by atoms with Gasteiger partial charge in [-0.15, -0.1) is 12.4 Å². The number of aliphatic hydroxyl groups is 1. The number of para-hydroxylation sites is 1. The Morgan fingerprint density at radius 2 is 1.74 bits per heavy atom. The SMILES string of the molecule is CC(C)(C)CC(=O)Oc1ccccc1C(O)CNC(C)(C)C.Cl. The van der Waals surface area contributed by atoms with Gasteiger partial charge in [-0.25, -0.2) is 0 Å². The zero-order chi connectivity index (χ0) is 17.0. The highest BCUT2D eigenvalue weighted by Gasteiger charge is 2.21. The molecule has 1 rings (SSSR count). The minimum absolute atomic E-state index is 0. The van der Waals surface area contributed by atoms with Crippen molar-refractivity contribution in [2.24, 2.45) is 5.41 Å². The summed E-state index contributed by atoms with van der Waals surface area (Å²) < 4.78 is 5.45. The van der Waals surface area contributed by atoms with Crippen molar-refractivity contribution >= 4 is 18.4 Å². The van der Waals surface area contributed by atoms with E-state index in [1.807, 2.05) is 47.6 Å². The maximum atomic E-state index is 12.0. The van der Waals surface area contributed by atoms with E-state index in [1.54, 1.807) is 18.2 Å². The number of β-amino-alcohol motifs (C(OH)–C–C–N with tert-alkyl or cyclic N) is 1. The summed E-state index contributed by atoms with van der Waals surface area (Å²) in [7, 11) is 0. The lowest BCUT2D eigenvalue weighted by Crippen LogP contribution is -2.38. The summed E-state index contributed by atoms with van der Waals surface area (Å²) in [6.07, 6.45) is -0.393. The molecular formula is C18H30ClNO3.